The summed E-state index contributed by atoms with van der Waals surface area (Å²) in [6.07, 6.45) is -2.37. The van der Waals surface area contributed by atoms with Crippen LogP contribution in [0, 0.1) is 0 Å². The molecule has 0 aliphatic carbocycles. The van der Waals surface area contributed by atoms with Crippen LogP contribution in [0.5, 0.6) is 0 Å². The molecule has 17 N–H and O–H groups in total. The molecule has 276 valence electrons. The molecule has 22 heteroatoms. The highest BCUT2D eigenvalue weighted by Crippen LogP contribution is 2.05. The Morgan fingerprint density at radius 2 is 0.917 bits per heavy atom. The molecular weight excluding hydrogens is 648 g/mol. The van der Waals surface area contributed by atoms with E-state index in [0.29, 0.717) is 12.8 Å². The number of hydrogen-bond acceptors (Lipinski definition) is 15. The van der Waals surface area contributed by atoms with Crippen LogP contribution in [0.4, 0.5) is 0 Å². The molecule has 0 aliphatic rings. The minimum atomic E-state index is -1.85. The van der Waals surface area contributed by atoms with Crippen molar-refractivity contribution in [2.45, 2.75) is 87.6 Å². The van der Waals surface area contributed by atoms with Crippen LogP contribution in [0.3, 0.4) is 0 Å². The molecule has 6 amide bonds. The molecule has 0 bridgehead atoms. The van der Waals surface area contributed by atoms with Crippen molar-refractivity contribution in [1.29, 1.82) is 0 Å². The van der Waals surface area contributed by atoms with Gasteiger partial charge in [-0.1, -0.05) is 0 Å². The van der Waals surface area contributed by atoms with E-state index in [4.69, 9.17) is 26.8 Å². The number of nitrogens with two attached hydrogens (primary N) is 2. The molecule has 0 heterocycles. The van der Waals surface area contributed by atoms with E-state index in [-0.39, 0.29) is 13.0 Å². The number of aliphatic hydroxyl groups excluding tert-OH is 6. The third-order valence-corrected chi connectivity index (χ3v) is 6.67. The van der Waals surface area contributed by atoms with Crippen LogP contribution >= 0.6 is 0 Å². The highest BCUT2D eigenvalue weighted by molar-refractivity contribution is 5.97. The number of aliphatic carboxylic acids is 1. The quantitative estimate of drug-likeness (QED) is 0.0441. The van der Waals surface area contributed by atoms with Gasteiger partial charge in [0.15, 0.2) is 0 Å². The molecule has 0 aliphatic heterocycles. The predicted octanol–water partition coefficient (Wildman–Crippen LogP) is -8.83. The van der Waals surface area contributed by atoms with Gasteiger partial charge in [-0.2, -0.15) is 0 Å². The molecule has 0 aromatic carbocycles. The van der Waals surface area contributed by atoms with Gasteiger partial charge in [-0.05, 0) is 39.7 Å². The lowest BCUT2D eigenvalue weighted by atomic mass is 10.1. The molecule has 0 rings (SSSR count). The molecule has 9 atom stereocenters. The number of carboxylic acids is 1. The van der Waals surface area contributed by atoms with Crippen LogP contribution in [0.25, 0.3) is 0 Å². The summed E-state index contributed by atoms with van der Waals surface area (Å²) in [5.74, 6) is -8.38. The first-order valence-corrected chi connectivity index (χ1v) is 14.8. The average molecular weight is 697 g/mol. The summed E-state index contributed by atoms with van der Waals surface area (Å²) in [4.78, 5) is 87.3. The van der Waals surface area contributed by atoms with Crippen LogP contribution < -0.4 is 43.4 Å². The zero-order chi connectivity index (χ0) is 37.1. The number of aliphatic hydroxyl groups is 6. The van der Waals surface area contributed by atoms with E-state index >= 15 is 0 Å². The fraction of sp³-hybridized carbons (Fsp3) is 0.731. The first-order valence-electron chi connectivity index (χ1n) is 14.8. The Hall–Kier alpha value is -4.03. The van der Waals surface area contributed by atoms with Crippen molar-refractivity contribution in [3.8, 4) is 0 Å². The minimum absolute atomic E-state index is 0.0342. The van der Waals surface area contributed by atoms with Crippen molar-refractivity contribution in [3.05, 3.63) is 0 Å². The summed E-state index contributed by atoms with van der Waals surface area (Å²) in [7, 11) is 0. The largest absolute Gasteiger partial charge is 0.480 e. The highest BCUT2D eigenvalue weighted by atomic mass is 16.4. The van der Waals surface area contributed by atoms with Gasteiger partial charge in [-0.25, -0.2) is 4.79 Å². The Morgan fingerprint density at radius 1 is 0.542 bits per heavy atom. The molecule has 0 saturated heterocycles. The first-order chi connectivity index (χ1) is 22.5. The second kappa shape index (κ2) is 22.5. The van der Waals surface area contributed by atoms with E-state index in [1.165, 1.54) is 0 Å². The minimum Gasteiger partial charge on any atom is -0.480 e. The van der Waals surface area contributed by atoms with Gasteiger partial charge in [0, 0.05) is 0 Å². The maximum Gasteiger partial charge on any atom is 0.328 e. The topological polar surface area (TPSA) is 385 Å². The van der Waals surface area contributed by atoms with Crippen LogP contribution in [-0.4, -0.2) is 165 Å². The maximum absolute atomic E-state index is 13.0. The SMILES string of the molecule is C[C@@H](O)[C@H](NC(=O)[C@H](CO)NC(=O)[C@H](CO)NC(=O)[C@@H](NC(=O)[C@H](CCCCN)NC(=O)[C@@H](N)CO)[C@@H](C)O)C(=O)N[C@@H](CO)C(=O)O. The number of carbonyl (C=O) groups excluding carboxylic acids is 6. The van der Waals surface area contributed by atoms with Crippen molar-refractivity contribution in [2.24, 2.45) is 11.5 Å². The van der Waals surface area contributed by atoms with Crippen LogP contribution in [0.1, 0.15) is 33.1 Å². The van der Waals surface area contributed by atoms with Crippen molar-refractivity contribution >= 4 is 41.4 Å². The number of carboxylic acid groups (broad SMARTS) is 1. The molecule has 0 fully saturated rings. The molecule has 0 saturated carbocycles. The van der Waals surface area contributed by atoms with E-state index < -0.39 is 122 Å². The molecule has 0 spiro atoms. The van der Waals surface area contributed by atoms with E-state index in [1.807, 2.05) is 16.0 Å². The van der Waals surface area contributed by atoms with E-state index in [2.05, 4.69) is 16.0 Å². The molecule has 22 nitrogen and oxygen atoms in total. The summed E-state index contributed by atoms with van der Waals surface area (Å²) in [5.41, 5.74) is 11.0. The van der Waals surface area contributed by atoms with Gasteiger partial charge in [0.05, 0.1) is 38.6 Å². The van der Waals surface area contributed by atoms with Gasteiger partial charge < -0.3 is 79.1 Å². The number of carbonyl (C=O) groups is 7. The van der Waals surface area contributed by atoms with E-state index in [9.17, 15) is 54.0 Å². The number of hydrogen-bond donors (Lipinski definition) is 15. The normalized spacial score (nSPS) is 16.7. The third kappa shape index (κ3) is 14.8. The summed E-state index contributed by atoms with van der Waals surface area (Å²) < 4.78 is 0. The monoisotopic (exact) mass is 696 g/mol. The number of rotatable bonds is 23. The lowest BCUT2D eigenvalue weighted by Gasteiger charge is -2.27. The van der Waals surface area contributed by atoms with Gasteiger partial charge >= 0.3 is 5.97 Å². The molecular formula is C26H48N8O14. The van der Waals surface area contributed by atoms with Gasteiger partial charge in [0.1, 0.15) is 42.3 Å². The van der Waals surface area contributed by atoms with Gasteiger partial charge in [-0.3, -0.25) is 28.8 Å². The summed E-state index contributed by atoms with van der Waals surface area (Å²) in [6, 6.07) is -11.7. The second-order valence-corrected chi connectivity index (χ2v) is 10.7. The first kappa shape index (κ1) is 44.0. The van der Waals surface area contributed by atoms with Crippen LogP contribution in [-0.2, 0) is 33.6 Å². The second-order valence-electron chi connectivity index (χ2n) is 10.7. The standard InChI is InChI=1S/C26H48N8O14/c1-11(39)18(33-21(42)14(5-3-4-6-27)29-20(41)13(28)7-35)24(45)31-15(8-36)22(43)30-16(9-37)23(44)34-19(12(2)40)25(46)32-17(10-38)26(47)48/h11-19,35-40H,3-10,27-28H2,1-2H3,(H,29,41)(H,30,43)(H,31,45)(H,32,46)(H,33,42)(H,34,44)(H,47,48)/t11-,12-,13+,14+,15+,16+,17+,18+,19+/m1/s1. The summed E-state index contributed by atoms with van der Waals surface area (Å²) in [5, 5.41) is 79.3. The summed E-state index contributed by atoms with van der Waals surface area (Å²) in [6.45, 7) is -1.49. The lowest BCUT2D eigenvalue weighted by molar-refractivity contribution is -0.144. The van der Waals surface area contributed by atoms with E-state index in [0.717, 1.165) is 13.8 Å². The Bertz CT molecular complexity index is 1090. The van der Waals surface area contributed by atoms with Crippen LogP contribution in [0.2, 0.25) is 0 Å². The summed E-state index contributed by atoms with van der Waals surface area (Å²) >= 11 is 0. The number of nitrogens with one attached hydrogen (secondary N) is 6. The van der Waals surface area contributed by atoms with Crippen molar-refractivity contribution in [3.63, 3.8) is 0 Å². The van der Waals surface area contributed by atoms with Crippen molar-refractivity contribution < 1.29 is 69.3 Å². The molecule has 0 aromatic rings. The van der Waals surface area contributed by atoms with Crippen molar-refractivity contribution in [1.82, 2.24) is 31.9 Å². The lowest BCUT2D eigenvalue weighted by Crippen LogP contribution is -2.63. The van der Waals surface area contributed by atoms with E-state index in [1.54, 1.807) is 0 Å². The third-order valence-electron chi connectivity index (χ3n) is 6.67. The molecule has 0 unspecified atom stereocenters. The number of unbranched alkanes of at least 4 members (excludes halogenated alkanes) is 1. The molecule has 48 heavy (non-hydrogen) atoms. The van der Waals surface area contributed by atoms with Crippen molar-refractivity contribution in [2.75, 3.05) is 33.0 Å². The maximum atomic E-state index is 13.0. The van der Waals surface area contributed by atoms with Gasteiger partial charge in [-0.15, -0.1) is 0 Å². The fourth-order valence-electron chi connectivity index (χ4n) is 3.81. The highest BCUT2D eigenvalue weighted by Gasteiger charge is 2.35. The van der Waals surface area contributed by atoms with Crippen LogP contribution in [0.15, 0.2) is 0 Å². The zero-order valence-electron chi connectivity index (χ0n) is 26.5. The van der Waals surface area contributed by atoms with Gasteiger partial charge in [0.25, 0.3) is 0 Å². The predicted molar refractivity (Wildman–Crippen MR) is 162 cm³/mol. The zero-order valence-corrected chi connectivity index (χ0v) is 26.5. The number of amides is 6. The molecule has 0 radical (unpaired) electrons. The Balaban J connectivity index is 5.70. The smallest absolute Gasteiger partial charge is 0.328 e. The molecule has 0 aromatic heterocycles. The Labute approximate surface area is 275 Å². The van der Waals surface area contributed by atoms with Gasteiger partial charge in [0.2, 0.25) is 35.4 Å². The average Bonchev–Trinajstić information content (AvgIpc) is 3.03. The Kier molecular flexibility index (Phi) is 20.6. The fourth-order valence-corrected chi connectivity index (χ4v) is 3.81. The Morgan fingerprint density at radius 3 is 1.29 bits per heavy atom.